The molecule has 0 atom stereocenters. The van der Waals surface area contributed by atoms with Crippen LogP contribution in [0.25, 0.3) is 0 Å². The van der Waals surface area contributed by atoms with Crippen molar-refractivity contribution in [1.82, 2.24) is 0 Å². The summed E-state index contributed by atoms with van der Waals surface area (Å²) in [5.41, 5.74) is 0. The summed E-state index contributed by atoms with van der Waals surface area (Å²) in [4.78, 5) is 0. The maximum absolute atomic E-state index is 9.02. The average molecular weight is 329 g/mol. The maximum atomic E-state index is 9.02. The highest BCUT2D eigenvalue weighted by Gasteiger charge is 2.24. The van der Waals surface area contributed by atoms with Crippen molar-refractivity contribution in [3.63, 3.8) is 0 Å². The lowest BCUT2D eigenvalue weighted by molar-refractivity contribution is 1.14. The van der Waals surface area contributed by atoms with E-state index in [0.717, 1.165) is 6.42 Å². The topological polar surface area (TPSA) is 23.8 Å². The SMILES string of the molecule is N#CCCC=P(c1ccccc1)(c1ccccc1)c1ccccc1. The molecule has 3 rings (SSSR count). The Morgan fingerprint density at radius 1 is 0.667 bits per heavy atom. The summed E-state index contributed by atoms with van der Waals surface area (Å²) in [6.07, 6.45) is 1.34. The zero-order valence-corrected chi connectivity index (χ0v) is 14.4. The molecule has 0 spiro atoms. The Labute approximate surface area is 144 Å². The van der Waals surface area contributed by atoms with E-state index < -0.39 is 6.89 Å². The molecule has 0 bridgehead atoms. The Morgan fingerprint density at radius 3 is 1.38 bits per heavy atom. The fraction of sp³-hybridized carbons (Fsp3) is 0.0909. The van der Waals surface area contributed by atoms with E-state index in [2.05, 4.69) is 103 Å². The van der Waals surface area contributed by atoms with Crippen molar-refractivity contribution in [3.05, 3.63) is 91.0 Å². The number of rotatable bonds is 5. The molecule has 0 unspecified atom stereocenters. The fourth-order valence-corrected chi connectivity index (χ4v) is 7.05. The summed E-state index contributed by atoms with van der Waals surface area (Å²) in [6, 6.07) is 34.4. The van der Waals surface area contributed by atoms with Gasteiger partial charge in [0, 0.05) is 6.42 Å². The van der Waals surface area contributed by atoms with Gasteiger partial charge in [0.25, 0.3) is 0 Å². The van der Waals surface area contributed by atoms with E-state index in [4.69, 9.17) is 5.26 Å². The number of hydrogen-bond donors (Lipinski definition) is 0. The summed E-state index contributed by atoms with van der Waals surface area (Å²) in [5.74, 6) is 2.40. The molecule has 0 aromatic heterocycles. The van der Waals surface area contributed by atoms with Gasteiger partial charge in [-0.05, 0) is 29.2 Å². The standard InChI is InChI=1S/C22H20NP/c23-18-10-11-19-24(20-12-4-1-5-13-20,21-14-6-2-7-15-21)22-16-8-3-9-17-22/h1-9,12-17,19H,10-11H2. The van der Waals surface area contributed by atoms with Crippen LogP contribution in [0.4, 0.5) is 0 Å². The van der Waals surface area contributed by atoms with Gasteiger partial charge in [-0.2, -0.15) is 5.26 Å². The lowest BCUT2D eigenvalue weighted by Crippen LogP contribution is -2.26. The minimum Gasteiger partial charge on any atom is -0.198 e. The van der Waals surface area contributed by atoms with Crippen molar-refractivity contribution in [2.75, 3.05) is 0 Å². The zero-order valence-electron chi connectivity index (χ0n) is 13.5. The van der Waals surface area contributed by atoms with E-state index in [-0.39, 0.29) is 0 Å². The third-order valence-electron chi connectivity index (χ3n) is 4.15. The monoisotopic (exact) mass is 329 g/mol. The summed E-state index contributed by atoms with van der Waals surface area (Å²) in [7, 11) is 0. The Balaban J connectivity index is 2.33. The lowest BCUT2D eigenvalue weighted by Gasteiger charge is -2.28. The predicted octanol–water partition coefficient (Wildman–Crippen LogP) is 4.09. The van der Waals surface area contributed by atoms with Gasteiger partial charge in [-0.15, -0.1) is 0 Å². The van der Waals surface area contributed by atoms with Gasteiger partial charge in [0.2, 0.25) is 0 Å². The smallest absolute Gasteiger partial charge is 0.0625 e. The first-order valence-electron chi connectivity index (χ1n) is 8.15. The van der Waals surface area contributed by atoms with E-state index >= 15 is 0 Å². The van der Waals surface area contributed by atoms with Crippen LogP contribution in [0.3, 0.4) is 0 Å². The fourth-order valence-electron chi connectivity index (χ4n) is 3.08. The van der Waals surface area contributed by atoms with Crippen LogP contribution in [0, 0.1) is 11.3 Å². The second-order valence-electron chi connectivity index (χ2n) is 5.61. The molecular weight excluding hydrogens is 309 g/mol. The van der Waals surface area contributed by atoms with Crippen LogP contribution in [0.1, 0.15) is 12.8 Å². The van der Waals surface area contributed by atoms with Crippen molar-refractivity contribution in [1.29, 1.82) is 5.26 Å². The van der Waals surface area contributed by atoms with E-state index in [1.54, 1.807) is 0 Å². The van der Waals surface area contributed by atoms with Crippen molar-refractivity contribution < 1.29 is 0 Å². The molecule has 0 aliphatic heterocycles. The first-order valence-corrected chi connectivity index (χ1v) is 10.0. The molecule has 2 heteroatoms. The van der Waals surface area contributed by atoms with Crippen molar-refractivity contribution >= 4 is 28.6 Å². The van der Waals surface area contributed by atoms with Crippen LogP contribution in [-0.4, -0.2) is 5.80 Å². The van der Waals surface area contributed by atoms with Gasteiger partial charge in [-0.3, -0.25) is 0 Å². The van der Waals surface area contributed by atoms with Gasteiger partial charge in [-0.1, -0.05) is 96.8 Å². The lowest BCUT2D eigenvalue weighted by atomic mass is 10.3. The quantitative estimate of drug-likeness (QED) is 0.511. The van der Waals surface area contributed by atoms with Crippen LogP contribution in [0.2, 0.25) is 0 Å². The zero-order chi connectivity index (χ0) is 16.7. The normalized spacial score (nSPS) is 10.8. The van der Waals surface area contributed by atoms with Crippen LogP contribution < -0.4 is 15.9 Å². The first kappa shape index (κ1) is 16.3. The summed E-state index contributed by atoms with van der Waals surface area (Å²) in [5, 5.41) is 13.0. The van der Waals surface area contributed by atoms with Gasteiger partial charge < -0.3 is 0 Å². The Bertz CT molecular complexity index is 759. The van der Waals surface area contributed by atoms with Gasteiger partial charge >= 0.3 is 0 Å². The van der Waals surface area contributed by atoms with Crippen LogP contribution in [0.15, 0.2) is 91.0 Å². The summed E-state index contributed by atoms with van der Waals surface area (Å²) >= 11 is 0. The molecule has 0 saturated heterocycles. The van der Waals surface area contributed by atoms with Gasteiger partial charge in [0.1, 0.15) is 0 Å². The van der Waals surface area contributed by atoms with E-state index in [9.17, 15) is 0 Å². The highest BCUT2D eigenvalue weighted by molar-refractivity contribution is 7.94. The molecule has 3 aromatic rings. The van der Waals surface area contributed by atoms with Crippen molar-refractivity contribution in [3.8, 4) is 6.07 Å². The third kappa shape index (κ3) is 3.21. The van der Waals surface area contributed by atoms with Crippen molar-refractivity contribution in [2.45, 2.75) is 12.8 Å². The van der Waals surface area contributed by atoms with E-state index in [0.29, 0.717) is 6.42 Å². The number of hydrogen-bond acceptors (Lipinski definition) is 1. The Morgan fingerprint density at radius 2 is 1.04 bits per heavy atom. The molecule has 24 heavy (non-hydrogen) atoms. The van der Waals surface area contributed by atoms with E-state index in [1.807, 2.05) is 0 Å². The Kier molecular flexibility index (Phi) is 5.32. The molecule has 118 valence electrons. The summed E-state index contributed by atoms with van der Waals surface area (Å²) in [6.45, 7) is -1.86. The second kappa shape index (κ2) is 7.82. The molecular formula is C22H20NP. The molecule has 0 N–H and O–H groups in total. The van der Waals surface area contributed by atoms with Gasteiger partial charge in [0.15, 0.2) is 0 Å². The molecule has 1 nitrogen and oxygen atoms in total. The molecule has 0 aliphatic carbocycles. The first-order chi connectivity index (χ1) is 11.9. The second-order valence-corrected chi connectivity index (χ2v) is 8.97. The van der Waals surface area contributed by atoms with Crippen LogP contribution in [-0.2, 0) is 0 Å². The van der Waals surface area contributed by atoms with E-state index in [1.165, 1.54) is 15.9 Å². The minimum absolute atomic E-state index is 0.550. The number of unbranched alkanes of at least 4 members (excludes halogenated alkanes) is 1. The van der Waals surface area contributed by atoms with Gasteiger partial charge in [0.05, 0.1) is 6.07 Å². The third-order valence-corrected chi connectivity index (χ3v) is 8.29. The highest BCUT2D eigenvalue weighted by Crippen LogP contribution is 2.43. The molecule has 0 fully saturated rings. The number of benzene rings is 3. The molecule has 3 aromatic carbocycles. The molecule has 0 saturated carbocycles. The molecule has 0 aliphatic rings. The number of nitriles is 1. The molecule has 0 radical (unpaired) electrons. The van der Waals surface area contributed by atoms with Crippen LogP contribution in [0.5, 0.6) is 0 Å². The minimum atomic E-state index is -1.86. The average Bonchev–Trinajstić information content (AvgIpc) is 2.68. The van der Waals surface area contributed by atoms with Gasteiger partial charge in [-0.25, -0.2) is 0 Å². The molecule has 0 amide bonds. The van der Waals surface area contributed by atoms with Crippen LogP contribution >= 0.6 is 6.89 Å². The molecule has 0 heterocycles. The highest BCUT2D eigenvalue weighted by atomic mass is 31.2. The summed E-state index contributed by atoms with van der Waals surface area (Å²) < 4.78 is 0. The number of nitrogens with zero attached hydrogens (tertiary/aromatic N) is 1. The predicted molar refractivity (Wildman–Crippen MR) is 106 cm³/mol. The largest absolute Gasteiger partial charge is 0.198 e. The Hall–Kier alpha value is -2.55. The maximum Gasteiger partial charge on any atom is 0.0625 e. The van der Waals surface area contributed by atoms with Crippen molar-refractivity contribution in [2.24, 2.45) is 0 Å².